The fourth-order valence-corrected chi connectivity index (χ4v) is 3.08. The first kappa shape index (κ1) is 22.5. The zero-order valence-corrected chi connectivity index (χ0v) is 16.1. The monoisotopic (exact) mass is 465 g/mol. The lowest BCUT2D eigenvalue weighted by Crippen LogP contribution is -2.35. The van der Waals surface area contributed by atoms with Crippen molar-refractivity contribution in [2.24, 2.45) is 5.73 Å². The second-order valence-corrected chi connectivity index (χ2v) is 6.81. The van der Waals surface area contributed by atoms with Crippen LogP contribution in [0.3, 0.4) is 0 Å². The Bertz CT molecular complexity index is 1000. The number of carbonyl (C=O) groups is 2. The molecule has 1 saturated heterocycles. The van der Waals surface area contributed by atoms with E-state index in [1.165, 1.54) is 6.07 Å². The molecule has 2 N–H and O–H groups in total. The number of rotatable bonds is 6. The quantitative estimate of drug-likeness (QED) is 0.521. The van der Waals surface area contributed by atoms with Gasteiger partial charge in [-0.05, 0) is 17.7 Å². The lowest BCUT2D eigenvalue weighted by Gasteiger charge is -2.27. The Labute approximate surface area is 176 Å². The highest BCUT2D eigenvalue weighted by atomic mass is 35.5. The average Bonchev–Trinajstić information content (AvgIpc) is 3.08. The van der Waals surface area contributed by atoms with Crippen LogP contribution in [0.1, 0.15) is 17.2 Å². The summed E-state index contributed by atoms with van der Waals surface area (Å²) in [4.78, 5) is 28.4. The van der Waals surface area contributed by atoms with E-state index in [0.717, 1.165) is 29.3 Å². The molecule has 0 radical (unpaired) electrons. The number of nitrogens with zero attached hydrogens (tertiary/aromatic N) is 2. The predicted octanol–water partition coefficient (Wildman–Crippen LogP) is 3.35. The normalized spacial score (nSPS) is 17.4. The molecule has 1 aromatic heterocycles. The molecule has 1 fully saturated rings. The van der Waals surface area contributed by atoms with Crippen LogP contribution in [0.25, 0.3) is 0 Å². The summed E-state index contributed by atoms with van der Waals surface area (Å²) in [5.41, 5.74) is 4.99. The minimum Gasteiger partial charge on any atom is -0.468 e. The molecular formula is C18H13ClF5N3O4. The van der Waals surface area contributed by atoms with Gasteiger partial charge in [-0.3, -0.25) is 9.69 Å². The largest absolute Gasteiger partial charge is 0.468 e. The Morgan fingerprint density at radius 1 is 1.32 bits per heavy atom. The zero-order valence-electron chi connectivity index (χ0n) is 15.3. The number of carbonyl (C=O) groups excluding carboxylic acids is 2. The van der Waals surface area contributed by atoms with Crippen LogP contribution in [0.4, 0.5) is 26.7 Å². The van der Waals surface area contributed by atoms with E-state index < -0.39 is 53.6 Å². The van der Waals surface area contributed by atoms with Gasteiger partial charge in [0.1, 0.15) is 16.7 Å². The van der Waals surface area contributed by atoms with Crippen molar-refractivity contribution in [2.45, 2.75) is 18.3 Å². The molecule has 0 aliphatic carbocycles. The lowest BCUT2D eigenvalue weighted by molar-refractivity contribution is -0.154. The highest BCUT2D eigenvalue weighted by Gasteiger charge is 2.41. The molecule has 13 heteroatoms. The number of hydrogen-bond donors (Lipinski definition) is 1. The van der Waals surface area contributed by atoms with Crippen molar-refractivity contribution in [3.05, 3.63) is 58.2 Å². The summed E-state index contributed by atoms with van der Waals surface area (Å²) in [6.45, 7) is -1.94. The number of benzene rings is 1. The van der Waals surface area contributed by atoms with Gasteiger partial charge in [0.05, 0.1) is 12.6 Å². The smallest absolute Gasteiger partial charge is 0.422 e. The number of amides is 2. The molecule has 0 bridgehead atoms. The van der Waals surface area contributed by atoms with Crippen LogP contribution in [0.15, 0.2) is 30.5 Å². The zero-order chi connectivity index (χ0) is 22.9. The third-order valence-corrected chi connectivity index (χ3v) is 4.63. The second kappa shape index (κ2) is 8.53. The van der Waals surface area contributed by atoms with E-state index in [1.54, 1.807) is 0 Å². The summed E-state index contributed by atoms with van der Waals surface area (Å²) in [5.74, 6) is -3.55. The van der Waals surface area contributed by atoms with Gasteiger partial charge in [0.25, 0.3) is 5.91 Å². The first-order valence-electron chi connectivity index (χ1n) is 8.53. The maximum Gasteiger partial charge on any atom is 0.422 e. The average molecular weight is 466 g/mol. The third-order valence-electron chi connectivity index (χ3n) is 4.29. The first-order valence-corrected chi connectivity index (χ1v) is 8.91. The predicted molar refractivity (Wildman–Crippen MR) is 95.2 cm³/mol. The number of nitrogens with two attached hydrogens (primary N) is 1. The number of alkyl halides is 3. The topological polar surface area (TPSA) is 94.8 Å². The third kappa shape index (κ3) is 4.95. The van der Waals surface area contributed by atoms with Crippen LogP contribution in [0.5, 0.6) is 5.88 Å². The number of pyridine rings is 1. The van der Waals surface area contributed by atoms with Crippen molar-refractivity contribution in [1.29, 1.82) is 0 Å². The molecule has 2 atom stereocenters. The SMILES string of the molecule is NC(=O)C1CN([C@H](c2ccc(OCC(F)(F)F)nc2)c2ccc(F)c(Cl)c2F)C(=O)O1. The minimum atomic E-state index is -4.58. The molecule has 1 aliphatic rings. The summed E-state index contributed by atoms with van der Waals surface area (Å²) in [7, 11) is 0. The molecule has 3 rings (SSSR count). The maximum absolute atomic E-state index is 14.8. The highest BCUT2D eigenvalue weighted by Crippen LogP contribution is 2.36. The van der Waals surface area contributed by atoms with Gasteiger partial charge in [-0.1, -0.05) is 17.7 Å². The number of ether oxygens (including phenoxy) is 2. The van der Waals surface area contributed by atoms with Crippen molar-refractivity contribution in [1.82, 2.24) is 9.88 Å². The summed E-state index contributed by atoms with van der Waals surface area (Å²) in [5, 5.41) is -0.834. The first-order chi connectivity index (χ1) is 14.5. The Morgan fingerprint density at radius 3 is 2.58 bits per heavy atom. The van der Waals surface area contributed by atoms with Crippen LogP contribution in [0.2, 0.25) is 5.02 Å². The fraction of sp³-hybridized carbons (Fsp3) is 0.278. The Morgan fingerprint density at radius 2 is 2.03 bits per heavy atom. The van der Waals surface area contributed by atoms with Gasteiger partial charge in [-0.15, -0.1) is 0 Å². The fourth-order valence-electron chi connectivity index (χ4n) is 2.91. The second-order valence-electron chi connectivity index (χ2n) is 6.43. The Kier molecular flexibility index (Phi) is 6.20. The van der Waals surface area contributed by atoms with Crippen LogP contribution >= 0.6 is 11.6 Å². The molecule has 2 aromatic rings. The Hall–Kier alpha value is -3.15. The standard InChI is InChI=1S/C18H13ClF5N3O4/c19-13-10(20)3-2-9(14(13)21)15(27-6-11(16(25)28)31-17(27)29)8-1-4-12(26-5-8)30-7-18(22,23)24/h1-5,11,15H,6-7H2,(H2,25,28)/t11?,15-/m1/s1. The number of hydrogen-bond acceptors (Lipinski definition) is 5. The molecule has 0 saturated carbocycles. The van der Waals surface area contributed by atoms with Crippen LogP contribution in [-0.2, 0) is 9.53 Å². The summed E-state index contributed by atoms with van der Waals surface area (Å²) in [6.07, 6.45) is -5.89. The van der Waals surface area contributed by atoms with Crippen molar-refractivity contribution >= 4 is 23.6 Å². The highest BCUT2D eigenvalue weighted by molar-refractivity contribution is 6.31. The molecule has 7 nitrogen and oxygen atoms in total. The van der Waals surface area contributed by atoms with E-state index in [1.807, 2.05) is 0 Å². The number of primary amides is 1. The van der Waals surface area contributed by atoms with Crippen molar-refractivity contribution in [3.63, 3.8) is 0 Å². The summed E-state index contributed by atoms with van der Waals surface area (Å²) >= 11 is 5.64. The van der Waals surface area contributed by atoms with Gasteiger partial charge in [0.15, 0.2) is 12.7 Å². The molecule has 166 valence electrons. The Balaban J connectivity index is 2.00. The molecule has 1 aliphatic heterocycles. The van der Waals surface area contributed by atoms with E-state index >= 15 is 0 Å². The van der Waals surface area contributed by atoms with Gasteiger partial charge in [-0.25, -0.2) is 18.6 Å². The molecule has 31 heavy (non-hydrogen) atoms. The molecule has 2 amide bonds. The molecule has 1 aromatic carbocycles. The van der Waals surface area contributed by atoms with Gasteiger partial charge < -0.3 is 15.2 Å². The minimum absolute atomic E-state index is 0.100. The van der Waals surface area contributed by atoms with Crippen molar-refractivity contribution < 1.29 is 41.0 Å². The van der Waals surface area contributed by atoms with Gasteiger partial charge in [0, 0.05) is 17.8 Å². The van der Waals surface area contributed by atoms with Crippen LogP contribution in [-0.4, -0.2) is 47.3 Å². The van der Waals surface area contributed by atoms with Crippen molar-refractivity contribution in [3.8, 4) is 5.88 Å². The van der Waals surface area contributed by atoms with Gasteiger partial charge in [0.2, 0.25) is 5.88 Å². The van der Waals surface area contributed by atoms with E-state index in [2.05, 4.69) is 9.72 Å². The van der Waals surface area contributed by atoms with E-state index in [-0.39, 0.29) is 23.6 Å². The maximum atomic E-state index is 14.8. The molecule has 1 unspecified atom stereocenters. The molecule has 0 spiro atoms. The van der Waals surface area contributed by atoms with E-state index in [0.29, 0.717) is 0 Å². The van der Waals surface area contributed by atoms with Crippen LogP contribution < -0.4 is 10.5 Å². The number of halogens is 6. The van der Waals surface area contributed by atoms with Crippen LogP contribution in [0, 0.1) is 11.6 Å². The van der Waals surface area contributed by atoms with E-state index in [9.17, 15) is 31.5 Å². The number of aromatic nitrogens is 1. The van der Waals surface area contributed by atoms with Gasteiger partial charge in [-0.2, -0.15) is 13.2 Å². The van der Waals surface area contributed by atoms with Gasteiger partial charge >= 0.3 is 12.3 Å². The van der Waals surface area contributed by atoms with Crippen molar-refractivity contribution in [2.75, 3.05) is 13.2 Å². The van der Waals surface area contributed by atoms with E-state index in [4.69, 9.17) is 22.1 Å². The summed E-state index contributed by atoms with van der Waals surface area (Å²) in [6, 6.07) is 2.89. The lowest BCUT2D eigenvalue weighted by atomic mass is 9.97. The molecule has 2 heterocycles. The summed E-state index contributed by atoms with van der Waals surface area (Å²) < 4.78 is 74.7. The molecular weight excluding hydrogens is 453 g/mol. The number of cyclic esters (lactones) is 1.